The highest BCUT2D eigenvalue weighted by molar-refractivity contribution is 6.01. The zero-order chi connectivity index (χ0) is 17.1. The number of carbonyl (C=O) groups is 2. The lowest BCUT2D eigenvalue weighted by molar-refractivity contribution is -0.134. The van der Waals surface area contributed by atoms with Gasteiger partial charge >= 0.3 is 0 Å². The Morgan fingerprint density at radius 1 is 1.17 bits per heavy atom. The van der Waals surface area contributed by atoms with Crippen LogP contribution in [0.15, 0.2) is 24.3 Å². The second-order valence-electron chi connectivity index (χ2n) is 7.66. The summed E-state index contributed by atoms with van der Waals surface area (Å²) in [5.41, 5.74) is 2.24. The number of hydrogen-bond donors (Lipinski definition) is 1. The summed E-state index contributed by atoms with van der Waals surface area (Å²) in [6.07, 6.45) is 4.87. The standard InChI is InChI=1S/C20H28N2O2/c1-14(2)12-15-8-10-22(11-9-15)17-5-3-4-16(13-17)18-6-7-19(23)21-20(18)24/h3-5,13-15,18H,6-12H2,1-2H3,(H,21,23,24). The summed E-state index contributed by atoms with van der Waals surface area (Å²) in [5.74, 6) is 1.12. The van der Waals surface area contributed by atoms with Crippen molar-refractivity contribution in [3.8, 4) is 0 Å². The maximum Gasteiger partial charge on any atom is 0.234 e. The summed E-state index contributed by atoms with van der Waals surface area (Å²) < 4.78 is 0. The molecule has 2 aliphatic heterocycles. The van der Waals surface area contributed by atoms with Gasteiger partial charge in [0.1, 0.15) is 0 Å². The molecule has 24 heavy (non-hydrogen) atoms. The van der Waals surface area contributed by atoms with E-state index in [1.165, 1.54) is 24.9 Å². The van der Waals surface area contributed by atoms with Crippen molar-refractivity contribution in [1.82, 2.24) is 5.32 Å². The van der Waals surface area contributed by atoms with E-state index in [4.69, 9.17) is 0 Å². The number of piperidine rings is 2. The largest absolute Gasteiger partial charge is 0.372 e. The van der Waals surface area contributed by atoms with E-state index in [1.54, 1.807) is 0 Å². The van der Waals surface area contributed by atoms with Crippen LogP contribution in [0.3, 0.4) is 0 Å². The molecule has 1 aromatic rings. The fourth-order valence-electron chi connectivity index (χ4n) is 4.04. The number of benzene rings is 1. The molecule has 4 nitrogen and oxygen atoms in total. The quantitative estimate of drug-likeness (QED) is 0.861. The van der Waals surface area contributed by atoms with Crippen molar-refractivity contribution in [3.63, 3.8) is 0 Å². The van der Waals surface area contributed by atoms with E-state index in [2.05, 4.69) is 36.2 Å². The van der Waals surface area contributed by atoms with Gasteiger partial charge in [0, 0.05) is 25.2 Å². The Balaban J connectivity index is 1.66. The Kier molecular flexibility index (Phi) is 5.22. The molecule has 3 rings (SSSR count). The van der Waals surface area contributed by atoms with Crippen LogP contribution in [0.25, 0.3) is 0 Å². The van der Waals surface area contributed by atoms with Crippen LogP contribution in [0.4, 0.5) is 5.69 Å². The average Bonchev–Trinajstić information content (AvgIpc) is 2.55. The van der Waals surface area contributed by atoms with Crippen LogP contribution in [0.5, 0.6) is 0 Å². The van der Waals surface area contributed by atoms with Crippen molar-refractivity contribution in [2.45, 2.75) is 51.9 Å². The zero-order valence-corrected chi connectivity index (χ0v) is 14.8. The predicted molar refractivity (Wildman–Crippen MR) is 96.0 cm³/mol. The fraction of sp³-hybridized carbons (Fsp3) is 0.600. The lowest BCUT2D eigenvalue weighted by Crippen LogP contribution is -2.39. The molecule has 2 aliphatic rings. The van der Waals surface area contributed by atoms with Crippen molar-refractivity contribution in [2.24, 2.45) is 11.8 Å². The molecule has 2 fully saturated rings. The fourth-order valence-corrected chi connectivity index (χ4v) is 4.04. The van der Waals surface area contributed by atoms with Gasteiger partial charge in [0.25, 0.3) is 0 Å². The van der Waals surface area contributed by atoms with Gasteiger partial charge in [-0.15, -0.1) is 0 Å². The molecular weight excluding hydrogens is 300 g/mol. The van der Waals surface area contributed by atoms with Crippen LogP contribution in [0.1, 0.15) is 57.4 Å². The second kappa shape index (κ2) is 7.37. The lowest BCUT2D eigenvalue weighted by atomic mass is 9.88. The van der Waals surface area contributed by atoms with Gasteiger partial charge in [-0.05, 0) is 55.2 Å². The first-order valence-corrected chi connectivity index (χ1v) is 9.21. The Labute approximate surface area is 144 Å². The Morgan fingerprint density at radius 3 is 2.58 bits per heavy atom. The molecule has 0 saturated carbocycles. The Morgan fingerprint density at radius 2 is 1.92 bits per heavy atom. The van der Waals surface area contributed by atoms with Gasteiger partial charge in [0.05, 0.1) is 5.92 Å². The highest BCUT2D eigenvalue weighted by Crippen LogP contribution is 2.31. The number of nitrogens with one attached hydrogen (secondary N) is 1. The van der Waals surface area contributed by atoms with Gasteiger partial charge in [-0.3, -0.25) is 14.9 Å². The van der Waals surface area contributed by atoms with Gasteiger partial charge in [-0.1, -0.05) is 26.0 Å². The molecule has 2 heterocycles. The molecule has 1 unspecified atom stereocenters. The summed E-state index contributed by atoms with van der Waals surface area (Å²) in [7, 11) is 0. The van der Waals surface area contributed by atoms with Gasteiger partial charge in [0.2, 0.25) is 11.8 Å². The molecular formula is C20H28N2O2. The van der Waals surface area contributed by atoms with Crippen molar-refractivity contribution in [2.75, 3.05) is 18.0 Å². The minimum atomic E-state index is -0.193. The topological polar surface area (TPSA) is 49.4 Å². The molecule has 0 aliphatic carbocycles. The molecule has 1 aromatic carbocycles. The van der Waals surface area contributed by atoms with Crippen molar-refractivity contribution < 1.29 is 9.59 Å². The van der Waals surface area contributed by atoms with Crippen LogP contribution in [0, 0.1) is 11.8 Å². The molecule has 1 N–H and O–H groups in total. The van der Waals surface area contributed by atoms with Crippen molar-refractivity contribution in [3.05, 3.63) is 29.8 Å². The summed E-state index contributed by atoms with van der Waals surface area (Å²) in [5, 5.41) is 2.46. The van der Waals surface area contributed by atoms with Crippen molar-refractivity contribution in [1.29, 1.82) is 0 Å². The first-order valence-electron chi connectivity index (χ1n) is 9.21. The normalized spacial score (nSPS) is 22.8. The number of carbonyl (C=O) groups excluding carboxylic acids is 2. The third-order valence-electron chi connectivity index (χ3n) is 5.30. The van der Waals surface area contributed by atoms with E-state index in [0.29, 0.717) is 12.8 Å². The van der Waals surface area contributed by atoms with E-state index in [9.17, 15) is 9.59 Å². The third-order valence-corrected chi connectivity index (χ3v) is 5.30. The van der Waals surface area contributed by atoms with Crippen LogP contribution >= 0.6 is 0 Å². The van der Waals surface area contributed by atoms with E-state index < -0.39 is 0 Å². The van der Waals surface area contributed by atoms with Crippen LogP contribution in [0.2, 0.25) is 0 Å². The molecule has 0 radical (unpaired) electrons. The monoisotopic (exact) mass is 328 g/mol. The number of amides is 2. The molecule has 4 heteroatoms. The molecule has 1 atom stereocenters. The highest BCUT2D eigenvalue weighted by atomic mass is 16.2. The second-order valence-corrected chi connectivity index (χ2v) is 7.66. The van der Waals surface area contributed by atoms with Gasteiger partial charge in [0.15, 0.2) is 0 Å². The first-order chi connectivity index (χ1) is 11.5. The van der Waals surface area contributed by atoms with Gasteiger partial charge < -0.3 is 4.90 Å². The average molecular weight is 328 g/mol. The summed E-state index contributed by atoms with van der Waals surface area (Å²) in [4.78, 5) is 25.9. The number of rotatable bonds is 4. The maximum absolute atomic E-state index is 12.1. The van der Waals surface area contributed by atoms with E-state index >= 15 is 0 Å². The number of hydrogen-bond acceptors (Lipinski definition) is 3. The molecule has 0 aromatic heterocycles. The van der Waals surface area contributed by atoms with E-state index in [1.807, 2.05) is 12.1 Å². The molecule has 0 spiro atoms. The lowest BCUT2D eigenvalue weighted by Gasteiger charge is -2.34. The minimum Gasteiger partial charge on any atom is -0.372 e. The Hall–Kier alpha value is -1.84. The number of imide groups is 1. The summed E-state index contributed by atoms with van der Waals surface area (Å²) in [6, 6.07) is 8.32. The zero-order valence-electron chi connectivity index (χ0n) is 14.8. The smallest absolute Gasteiger partial charge is 0.234 e. The SMILES string of the molecule is CC(C)CC1CCN(c2cccc(C3CCC(=O)NC3=O)c2)CC1. The Bertz CT molecular complexity index is 603. The minimum absolute atomic E-state index is 0.153. The summed E-state index contributed by atoms with van der Waals surface area (Å²) in [6.45, 7) is 6.79. The van der Waals surface area contributed by atoms with E-state index in [-0.39, 0.29) is 17.7 Å². The maximum atomic E-state index is 12.1. The number of nitrogens with zero attached hydrogens (tertiary/aromatic N) is 1. The van der Waals surface area contributed by atoms with Gasteiger partial charge in [-0.25, -0.2) is 0 Å². The molecule has 2 amide bonds. The van der Waals surface area contributed by atoms with Crippen LogP contribution in [-0.4, -0.2) is 24.9 Å². The molecule has 0 bridgehead atoms. The first kappa shape index (κ1) is 17.0. The third kappa shape index (κ3) is 3.97. The van der Waals surface area contributed by atoms with Crippen molar-refractivity contribution >= 4 is 17.5 Å². The molecule has 130 valence electrons. The van der Waals surface area contributed by atoms with E-state index in [0.717, 1.165) is 30.5 Å². The highest BCUT2D eigenvalue weighted by Gasteiger charge is 2.28. The van der Waals surface area contributed by atoms with Gasteiger partial charge in [-0.2, -0.15) is 0 Å². The predicted octanol–water partition coefficient (Wildman–Crippen LogP) is 3.47. The van der Waals surface area contributed by atoms with Crippen LogP contribution < -0.4 is 10.2 Å². The van der Waals surface area contributed by atoms with Crippen LogP contribution in [-0.2, 0) is 9.59 Å². The number of anilines is 1. The molecule has 2 saturated heterocycles. The summed E-state index contributed by atoms with van der Waals surface area (Å²) >= 11 is 0.